The molecule has 0 saturated heterocycles. The summed E-state index contributed by atoms with van der Waals surface area (Å²) in [7, 11) is 0. The lowest BCUT2D eigenvalue weighted by Gasteiger charge is -2.31. The number of amides is 1. The second kappa shape index (κ2) is 5.76. The number of nitrogens with two attached hydrogens (primary N) is 1. The van der Waals surface area contributed by atoms with Gasteiger partial charge in [0.2, 0.25) is 5.22 Å². The van der Waals surface area contributed by atoms with E-state index >= 15 is 0 Å². The summed E-state index contributed by atoms with van der Waals surface area (Å²) in [5, 5.41) is 0.167. The highest BCUT2D eigenvalue weighted by Gasteiger charge is 2.34. The second-order valence-corrected chi connectivity index (χ2v) is 5.04. The summed E-state index contributed by atoms with van der Waals surface area (Å²) in [5.41, 5.74) is 6.23. The maximum absolute atomic E-state index is 12.4. The molecule has 5 heteroatoms. The van der Waals surface area contributed by atoms with Gasteiger partial charge in [-0.3, -0.25) is 4.79 Å². The molecular formula is C13H19ClN2O2. The molecule has 1 amide bonds. The highest BCUT2D eigenvalue weighted by molar-refractivity contribution is 6.32. The third-order valence-electron chi connectivity index (χ3n) is 3.77. The predicted molar refractivity (Wildman–Crippen MR) is 70.6 cm³/mol. The van der Waals surface area contributed by atoms with Crippen LogP contribution in [0.25, 0.3) is 0 Å². The molecule has 1 aromatic rings. The fourth-order valence-corrected chi connectivity index (χ4v) is 3.03. The van der Waals surface area contributed by atoms with E-state index < -0.39 is 0 Å². The lowest BCUT2D eigenvalue weighted by molar-refractivity contribution is 0.0651. The summed E-state index contributed by atoms with van der Waals surface area (Å²) in [6.45, 7) is 3.28. The zero-order valence-electron chi connectivity index (χ0n) is 10.6. The van der Waals surface area contributed by atoms with Crippen molar-refractivity contribution in [3.63, 3.8) is 0 Å². The third kappa shape index (κ3) is 2.40. The Morgan fingerprint density at radius 1 is 1.61 bits per heavy atom. The largest absolute Gasteiger partial charge is 0.452 e. The Morgan fingerprint density at radius 2 is 2.39 bits per heavy atom. The van der Waals surface area contributed by atoms with E-state index in [1.54, 1.807) is 6.07 Å². The van der Waals surface area contributed by atoms with Gasteiger partial charge in [0.15, 0.2) is 0 Å². The number of carbonyl (C=O) groups excluding carboxylic acids is 1. The monoisotopic (exact) mass is 270 g/mol. The van der Waals surface area contributed by atoms with Gasteiger partial charge in [-0.05, 0) is 49.9 Å². The summed E-state index contributed by atoms with van der Waals surface area (Å²) < 4.78 is 4.99. The fraction of sp³-hybridized carbons (Fsp3) is 0.615. The molecule has 0 aromatic carbocycles. The quantitative estimate of drug-likeness (QED) is 0.915. The van der Waals surface area contributed by atoms with E-state index in [2.05, 4.69) is 0 Å². The third-order valence-corrected chi connectivity index (χ3v) is 4.06. The van der Waals surface area contributed by atoms with Gasteiger partial charge in [-0.1, -0.05) is 6.42 Å². The van der Waals surface area contributed by atoms with Crippen LogP contribution in [-0.2, 0) is 0 Å². The first-order valence-corrected chi connectivity index (χ1v) is 6.80. The van der Waals surface area contributed by atoms with Gasteiger partial charge in [-0.25, -0.2) is 0 Å². The molecule has 1 fully saturated rings. The lowest BCUT2D eigenvalue weighted by atomic mass is 10.0. The van der Waals surface area contributed by atoms with Crippen molar-refractivity contribution in [2.75, 3.05) is 13.1 Å². The summed E-state index contributed by atoms with van der Waals surface area (Å²) >= 11 is 5.87. The summed E-state index contributed by atoms with van der Waals surface area (Å²) in [5.74, 6) is 0.348. The number of furan rings is 1. The van der Waals surface area contributed by atoms with Gasteiger partial charge < -0.3 is 15.1 Å². The SMILES string of the molecule is CCN(C(=O)c1ccoc1Cl)C1CCCC1CN. The Kier molecular flexibility index (Phi) is 4.30. The summed E-state index contributed by atoms with van der Waals surface area (Å²) in [6.07, 6.45) is 4.70. The molecule has 1 aliphatic carbocycles. The van der Waals surface area contributed by atoms with Gasteiger partial charge in [0.05, 0.1) is 11.8 Å². The Hall–Kier alpha value is -1.00. The van der Waals surface area contributed by atoms with E-state index in [9.17, 15) is 4.79 Å². The van der Waals surface area contributed by atoms with Crippen molar-refractivity contribution in [2.24, 2.45) is 11.7 Å². The van der Waals surface area contributed by atoms with Gasteiger partial charge >= 0.3 is 0 Å². The molecule has 100 valence electrons. The fourth-order valence-electron chi connectivity index (χ4n) is 2.83. The van der Waals surface area contributed by atoms with E-state index in [-0.39, 0.29) is 17.2 Å². The predicted octanol–water partition coefficient (Wildman–Crippen LogP) is 2.52. The normalized spacial score (nSPS) is 23.3. The zero-order chi connectivity index (χ0) is 13.1. The molecule has 1 saturated carbocycles. The zero-order valence-corrected chi connectivity index (χ0v) is 11.3. The minimum atomic E-state index is -0.0541. The molecule has 2 rings (SSSR count). The number of carbonyl (C=O) groups is 1. The maximum Gasteiger partial charge on any atom is 0.258 e. The van der Waals surface area contributed by atoms with Crippen molar-refractivity contribution in [3.05, 3.63) is 23.1 Å². The molecular weight excluding hydrogens is 252 g/mol. The van der Waals surface area contributed by atoms with Crippen LogP contribution in [-0.4, -0.2) is 29.9 Å². The van der Waals surface area contributed by atoms with Crippen LogP contribution >= 0.6 is 11.6 Å². The molecule has 2 unspecified atom stereocenters. The van der Waals surface area contributed by atoms with Crippen LogP contribution in [0.2, 0.25) is 5.22 Å². The van der Waals surface area contributed by atoms with Crippen molar-refractivity contribution in [1.29, 1.82) is 0 Å². The van der Waals surface area contributed by atoms with Crippen molar-refractivity contribution >= 4 is 17.5 Å². The Morgan fingerprint density at radius 3 is 2.94 bits per heavy atom. The molecule has 0 aliphatic heterocycles. The van der Waals surface area contributed by atoms with Crippen LogP contribution in [0.5, 0.6) is 0 Å². The standard InChI is InChI=1S/C13H19ClN2O2/c1-2-16(11-5-3-4-9(11)8-15)13(17)10-6-7-18-12(10)14/h6-7,9,11H,2-5,8,15H2,1H3. The minimum Gasteiger partial charge on any atom is -0.452 e. The average Bonchev–Trinajstić information content (AvgIpc) is 2.98. The van der Waals surface area contributed by atoms with Gasteiger partial charge in [-0.2, -0.15) is 0 Å². The first kappa shape index (κ1) is 13.4. The Labute approximate surface area is 112 Å². The highest BCUT2D eigenvalue weighted by atomic mass is 35.5. The Bertz CT molecular complexity index is 419. The van der Waals surface area contributed by atoms with E-state index in [1.165, 1.54) is 6.26 Å². The molecule has 2 atom stereocenters. The van der Waals surface area contributed by atoms with Crippen LogP contribution in [0.1, 0.15) is 36.5 Å². The summed E-state index contributed by atoms with van der Waals surface area (Å²) in [4.78, 5) is 14.3. The number of nitrogens with zero attached hydrogens (tertiary/aromatic N) is 1. The lowest BCUT2D eigenvalue weighted by Crippen LogP contribution is -2.44. The van der Waals surface area contributed by atoms with Crippen LogP contribution in [0.15, 0.2) is 16.7 Å². The van der Waals surface area contributed by atoms with Crippen LogP contribution in [0.3, 0.4) is 0 Å². The number of rotatable bonds is 4. The first-order chi connectivity index (χ1) is 8.69. The number of halogens is 1. The van der Waals surface area contributed by atoms with Crippen molar-refractivity contribution < 1.29 is 9.21 Å². The molecule has 2 N–H and O–H groups in total. The molecule has 4 nitrogen and oxygen atoms in total. The van der Waals surface area contributed by atoms with Gasteiger partial charge in [-0.15, -0.1) is 0 Å². The van der Waals surface area contributed by atoms with Gasteiger partial charge in [0.1, 0.15) is 0 Å². The summed E-state index contributed by atoms with van der Waals surface area (Å²) in [6, 6.07) is 1.86. The molecule has 0 spiro atoms. The van der Waals surface area contributed by atoms with Crippen LogP contribution in [0, 0.1) is 5.92 Å². The first-order valence-electron chi connectivity index (χ1n) is 6.43. The van der Waals surface area contributed by atoms with Crippen molar-refractivity contribution in [1.82, 2.24) is 4.90 Å². The molecule has 1 heterocycles. The number of hydrogen-bond donors (Lipinski definition) is 1. The van der Waals surface area contributed by atoms with Crippen LogP contribution < -0.4 is 5.73 Å². The van der Waals surface area contributed by atoms with Crippen molar-refractivity contribution in [3.8, 4) is 0 Å². The smallest absolute Gasteiger partial charge is 0.258 e. The van der Waals surface area contributed by atoms with Crippen molar-refractivity contribution in [2.45, 2.75) is 32.2 Å². The average molecular weight is 271 g/mol. The molecule has 1 aromatic heterocycles. The van der Waals surface area contributed by atoms with E-state index in [0.717, 1.165) is 19.3 Å². The number of hydrogen-bond acceptors (Lipinski definition) is 3. The van der Waals surface area contributed by atoms with Gasteiger partial charge in [0.25, 0.3) is 5.91 Å². The van der Waals surface area contributed by atoms with Gasteiger partial charge in [0, 0.05) is 12.6 Å². The van der Waals surface area contributed by atoms with Crippen LogP contribution in [0.4, 0.5) is 0 Å². The molecule has 18 heavy (non-hydrogen) atoms. The van der Waals surface area contributed by atoms with E-state index in [4.69, 9.17) is 21.8 Å². The molecule has 0 radical (unpaired) electrons. The molecule has 1 aliphatic rings. The highest BCUT2D eigenvalue weighted by Crippen LogP contribution is 2.31. The maximum atomic E-state index is 12.4. The second-order valence-electron chi connectivity index (χ2n) is 4.69. The van der Waals surface area contributed by atoms with E-state index in [0.29, 0.717) is 24.6 Å². The topological polar surface area (TPSA) is 59.5 Å². The minimum absolute atomic E-state index is 0.0541. The van der Waals surface area contributed by atoms with E-state index in [1.807, 2.05) is 11.8 Å². The molecule has 0 bridgehead atoms. The Balaban J connectivity index is 2.18.